The highest BCUT2D eigenvalue weighted by atomic mass is 127. The Bertz CT molecular complexity index is 422. The van der Waals surface area contributed by atoms with E-state index in [9.17, 15) is 19.3 Å². The average molecular weight is 310 g/mol. The van der Waals surface area contributed by atoms with E-state index in [1.165, 1.54) is 0 Å². The number of primary amides is 1. The third-order valence-corrected chi connectivity index (χ3v) is 2.27. The minimum atomic E-state index is -1.02. The molecule has 2 N–H and O–H groups in total. The molecule has 0 fully saturated rings. The smallest absolute Gasteiger partial charge is 0.271 e. The van der Waals surface area contributed by atoms with E-state index in [0.29, 0.717) is 0 Å². The monoisotopic (exact) mass is 310 g/mol. The highest BCUT2D eigenvalue weighted by Crippen LogP contribution is 2.22. The predicted molar refractivity (Wildman–Crippen MR) is 54.3 cm³/mol. The number of nitrogens with two attached hydrogens (primary N) is 1. The van der Waals surface area contributed by atoms with E-state index in [1.807, 2.05) is 0 Å². The fraction of sp³-hybridized carbons (Fsp3) is 0. The van der Waals surface area contributed by atoms with E-state index in [4.69, 9.17) is 5.73 Å². The number of hydrogen-bond acceptors (Lipinski definition) is 3. The van der Waals surface area contributed by atoms with Gasteiger partial charge in [-0.2, -0.15) is 0 Å². The molecule has 0 aliphatic heterocycles. The first-order valence-electron chi connectivity index (χ1n) is 3.36. The van der Waals surface area contributed by atoms with E-state index in [-0.39, 0.29) is 9.26 Å². The van der Waals surface area contributed by atoms with Crippen LogP contribution in [0.1, 0.15) is 10.4 Å². The number of non-ortho nitro benzene ring substituents is 1. The van der Waals surface area contributed by atoms with Crippen molar-refractivity contribution >= 4 is 34.2 Å². The molecule has 0 aliphatic rings. The molecule has 0 bridgehead atoms. The summed E-state index contributed by atoms with van der Waals surface area (Å²) in [6, 6.07) is 1.85. The van der Waals surface area contributed by atoms with Crippen LogP contribution in [0.25, 0.3) is 0 Å². The van der Waals surface area contributed by atoms with Crippen molar-refractivity contribution in [3.05, 3.63) is 37.2 Å². The van der Waals surface area contributed by atoms with Gasteiger partial charge in [-0.3, -0.25) is 14.9 Å². The van der Waals surface area contributed by atoms with Crippen LogP contribution in [-0.4, -0.2) is 10.8 Å². The van der Waals surface area contributed by atoms with Gasteiger partial charge in [0.25, 0.3) is 11.6 Å². The topological polar surface area (TPSA) is 86.2 Å². The van der Waals surface area contributed by atoms with Gasteiger partial charge in [0.05, 0.1) is 14.1 Å². The molecule has 1 aromatic rings. The van der Waals surface area contributed by atoms with Crippen molar-refractivity contribution in [2.24, 2.45) is 5.73 Å². The van der Waals surface area contributed by atoms with Crippen LogP contribution in [0.2, 0.25) is 0 Å². The van der Waals surface area contributed by atoms with E-state index in [1.54, 1.807) is 22.6 Å². The van der Waals surface area contributed by atoms with Crippen molar-refractivity contribution in [2.75, 3.05) is 0 Å². The van der Waals surface area contributed by atoms with Gasteiger partial charge in [-0.1, -0.05) is 0 Å². The third-order valence-electron chi connectivity index (χ3n) is 1.49. The van der Waals surface area contributed by atoms with Gasteiger partial charge in [0.15, 0.2) is 0 Å². The second-order valence-electron chi connectivity index (χ2n) is 2.41. The van der Waals surface area contributed by atoms with E-state index in [0.717, 1.165) is 12.1 Å². The van der Waals surface area contributed by atoms with Gasteiger partial charge in [-0.05, 0) is 22.6 Å². The molecule has 1 rings (SSSR count). The number of nitro benzene ring substituents is 1. The van der Waals surface area contributed by atoms with Gasteiger partial charge < -0.3 is 5.73 Å². The second kappa shape index (κ2) is 3.86. The summed E-state index contributed by atoms with van der Waals surface area (Å²) in [5, 5.41) is 10.4. The van der Waals surface area contributed by atoms with Gasteiger partial charge in [0.1, 0.15) is 5.82 Å². The molecule has 7 heteroatoms. The maximum Gasteiger partial charge on any atom is 0.271 e. The maximum atomic E-state index is 13.2. The molecule has 5 nitrogen and oxygen atoms in total. The minimum Gasteiger partial charge on any atom is -0.366 e. The Morgan fingerprint density at radius 1 is 1.57 bits per heavy atom. The number of amides is 1. The third kappa shape index (κ3) is 1.97. The Kier molecular flexibility index (Phi) is 2.99. The lowest BCUT2D eigenvalue weighted by molar-refractivity contribution is -0.385. The Hall–Kier alpha value is -1.25. The lowest BCUT2D eigenvalue weighted by Gasteiger charge is -2.00. The predicted octanol–water partition coefficient (Wildman–Crippen LogP) is 1.44. The quantitative estimate of drug-likeness (QED) is 0.509. The van der Waals surface area contributed by atoms with E-state index < -0.39 is 22.2 Å². The summed E-state index contributed by atoms with van der Waals surface area (Å²) in [4.78, 5) is 20.4. The van der Waals surface area contributed by atoms with Crippen LogP contribution in [0.4, 0.5) is 10.1 Å². The summed E-state index contributed by atoms with van der Waals surface area (Å²) < 4.78 is 13.2. The maximum absolute atomic E-state index is 13.2. The first-order valence-corrected chi connectivity index (χ1v) is 4.44. The second-order valence-corrected chi connectivity index (χ2v) is 3.57. The molecule has 0 heterocycles. The Morgan fingerprint density at radius 2 is 2.14 bits per heavy atom. The zero-order chi connectivity index (χ0) is 10.9. The first kappa shape index (κ1) is 10.8. The SMILES string of the molecule is NC(=O)c1cc([N+](=O)[O-])cc(I)c1F. The molecule has 0 atom stereocenters. The fourth-order valence-corrected chi connectivity index (χ4v) is 1.47. The minimum absolute atomic E-state index is 0.00870. The van der Waals surface area contributed by atoms with Crippen LogP contribution in [0.15, 0.2) is 12.1 Å². The molecule has 1 aromatic carbocycles. The molecule has 74 valence electrons. The number of carbonyl (C=O) groups is 1. The lowest BCUT2D eigenvalue weighted by atomic mass is 10.2. The molecule has 0 saturated carbocycles. The normalized spacial score (nSPS) is 9.86. The zero-order valence-corrected chi connectivity index (χ0v) is 8.82. The molecule has 0 radical (unpaired) electrons. The number of carbonyl (C=O) groups excluding carboxylic acids is 1. The Balaban J connectivity index is 3.43. The summed E-state index contributed by atoms with van der Waals surface area (Å²) in [5.41, 5.74) is 4.02. The van der Waals surface area contributed by atoms with Crippen molar-refractivity contribution in [1.29, 1.82) is 0 Å². The van der Waals surface area contributed by atoms with Gasteiger partial charge >= 0.3 is 0 Å². The fourth-order valence-electron chi connectivity index (χ4n) is 0.859. The van der Waals surface area contributed by atoms with E-state index in [2.05, 4.69) is 0 Å². The Morgan fingerprint density at radius 3 is 2.57 bits per heavy atom. The van der Waals surface area contributed by atoms with Crippen LogP contribution < -0.4 is 5.73 Å². The molecule has 1 amide bonds. The van der Waals surface area contributed by atoms with Crippen LogP contribution in [0.5, 0.6) is 0 Å². The summed E-state index contributed by atoms with van der Waals surface area (Å²) >= 11 is 1.56. The number of nitrogens with zero attached hydrogens (tertiary/aromatic N) is 1. The van der Waals surface area contributed by atoms with Crippen molar-refractivity contribution in [1.82, 2.24) is 0 Å². The summed E-state index contributed by atoms with van der Waals surface area (Å²) in [5.74, 6) is -1.85. The first-order chi connectivity index (χ1) is 6.43. The summed E-state index contributed by atoms with van der Waals surface area (Å²) in [6.45, 7) is 0. The highest BCUT2D eigenvalue weighted by molar-refractivity contribution is 14.1. The Labute approximate surface area is 91.4 Å². The van der Waals surface area contributed by atoms with Crippen LogP contribution in [-0.2, 0) is 0 Å². The number of benzene rings is 1. The standard InChI is InChI=1S/C7H4FIN2O3/c8-6-4(7(10)12)1-3(11(13)14)2-5(6)9/h1-2H,(H2,10,12). The molecule has 0 spiro atoms. The van der Waals surface area contributed by atoms with Crippen molar-refractivity contribution < 1.29 is 14.1 Å². The number of hydrogen-bond donors (Lipinski definition) is 1. The molecule has 0 saturated heterocycles. The van der Waals surface area contributed by atoms with Crippen LogP contribution in [0.3, 0.4) is 0 Å². The van der Waals surface area contributed by atoms with Crippen molar-refractivity contribution in [3.8, 4) is 0 Å². The van der Waals surface area contributed by atoms with Crippen molar-refractivity contribution in [3.63, 3.8) is 0 Å². The van der Waals surface area contributed by atoms with Crippen molar-refractivity contribution in [2.45, 2.75) is 0 Å². The number of halogens is 2. The average Bonchev–Trinajstić information content (AvgIpc) is 2.08. The summed E-state index contributed by atoms with van der Waals surface area (Å²) in [7, 11) is 0. The number of rotatable bonds is 2. The highest BCUT2D eigenvalue weighted by Gasteiger charge is 2.18. The summed E-state index contributed by atoms with van der Waals surface area (Å²) in [6.07, 6.45) is 0. The lowest BCUT2D eigenvalue weighted by Crippen LogP contribution is -2.14. The van der Waals surface area contributed by atoms with Gasteiger partial charge in [-0.25, -0.2) is 4.39 Å². The molecule has 0 unspecified atom stereocenters. The van der Waals surface area contributed by atoms with Crippen LogP contribution in [0, 0.1) is 19.5 Å². The molecule has 0 aliphatic carbocycles. The molecule has 0 aromatic heterocycles. The van der Waals surface area contributed by atoms with Crippen LogP contribution >= 0.6 is 22.6 Å². The number of nitro groups is 1. The molecular formula is C7H4FIN2O3. The largest absolute Gasteiger partial charge is 0.366 e. The molecule has 14 heavy (non-hydrogen) atoms. The van der Waals surface area contributed by atoms with Gasteiger partial charge in [-0.15, -0.1) is 0 Å². The molecular weight excluding hydrogens is 306 g/mol. The van der Waals surface area contributed by atoms with E-state index >= 15 is 0 Å². The van der Waals surface area contributed by atoms with Gasteiger partial charge in [0.2, 0.25) is 0 Å². The zero-order valence-electron chi connectivity index (χ0n) is 6.66. The van der Waals surface area contributed by atoms with Gasteiger partial charge in [0, 0.05) is 12.1 Å².